The van der Waals surface area contributed by atoms with Crippen LogP contribution in [-0.2, 0) is 17.9 Å². The number of hydrogen-bond donors (Lipinski definition) is 3. The fourth-order valence-corrected chi connectivity index (χ4v) is 5.33. The third-order valence-corrected chi connectivity index (χ3v) is 7.39. The number of halogens is 3. The predicted octanol–water partition coefficient (Wildman–Crippen LogP) is 4.20. The number of aliphatic carboxylic acids is 1. The number of nitrogens with one attached hydrogen (secondary N) is 2. The first kappa shape index (κ1) is 29.2. The van der Waals surface area contributed by atoms with Crippen LogP contribution in [0.2, 0.25) is 0 Å². The first-order valence-electron chi connectivity index (χ1n) is 13.3. The molecule has 3 aromatic carbocycles. The maximum Gasteiger partial charge on any atom is 0.490 e. The molecule has 0 aliphatic carbocycles. The van der Waals surface area contributed by atoms with E-state index >= 15 is 0 Å². The van der Waals surface area contributed by atoms with E-state index in [-0.39, 0.29) is 12.7 Å². The Labute approximate surface area is 240 Å². The molecule has 0 spiro atoms. The van der Waals surface area contributed by atoms with Gasteiger partial charge in [-0.25, -0.2) is 4.79 Å². The summed E-state index contributed by atoms with van der Waals surface area (Å²) < 4.78 is 48.1. The lowest BCUT2D eigenvalue weighted by Crippen LogP contribution is -2.42. The fourth-order valence-electron chi connectivity index (χ4n) is 5.33. The van der Waals surface area contributed by atoms with Gasteiger partial charge in [-0.15, -0.1) is 0 Å². The van der Waals surface area contributed by atoms with Crippen molar-refractivity contribution in [2.75, 3.05) is 27.0 Å². The Kier molecular flexibility index (Phi) is 8.55. The summed E-state index contributed by atoms with van der Waals surface area (Å²) in [5, 5.41) is 13.7. The van der Waals surface area contributed by atoms with Crippen molar-refractivity contribution in [3.63, 3.8) is 0 Å². The standard InChI is InChI=1S/C28H29N3O4.C2HF3O2/c1-33-25-7-5-18(13-30-28(32)21-6-8-26-27(11-21)35-17-34-26)10-24(25)20-4-2-3-19(9-20)15-31-16-22-12-23(31)14-29-22;3-2(4,5)1(6)7/h2-11,22-23,29H,12-17H2,1H3,(H,30,32);(H,6,7)/t22-,23-;/m0./s1. The molecule has 3 N–H and O–H groups in total. The molecule has 3 aliphatic rings. The number of alkyl halides is 3. The minimum absolute atomic E-state index is 0.155. The number of rotatable bonds is 7. The van der Waals surface area contributed by atoms with E-state index in [2.05, 4.69) is 45.9 Å². The van der Waals surface area contributed by atoms with Crippen LogP contribution < -0.4 is 24.8 Å². The molecule has 6 rings (SSSR count). The van der Waals surface area contributed by atoms with E-state index in [1.54, 1.807) is 25.3 Å². The summed E-state index contributed by atoms with van der Waals surface area (Å²) in [6, 6.07) is 21.3. The van der Waals surface area contributed by atoms with Gasteiger partial charge < -0.3 is 30.0 Å². The van der Waals surface area contributed by atoms with E-state index in [1.165, 1.54) is 12.0 Å². The highest BCUT2D eigenvalue weighted by Gasteiger charge is 2.38. The molecule has 0 radical (unpaired) electrons. The summed E-state index contributed by atoms with van der Waals surface area (Å²) in [6.07, 6.45) is -3.83. The molecule has 0 unspecified atom stereocenters. The van der Waals surface area contributed by atoms with Gasteiger partial charge in [0, 0.05) is 49.4 Å². The van der Waals surface area contributed by atoms with E-state index in [1.807, 2.05) is 12.1 Å². The lowest BCUT2D eigenvalue weighted by atomic mass is 9.99. The van der Waals surface area contributed by atoms with Crippen molar-refractivity contribution in [3.05, 3.63) is 77.4 Å². The number of amides is 1. The molecule has 9 nitrogen and oxygen atoms in total. The summed E-state index contributed by atoms with van der Waals surface area (Å²) >= 11 is 0. The van der Waals surface area contributed by atoms with E-state index in [9.17, 15) is 18.0 Å². The van der Waals surface area contributed by atoms with Crippen LogP contribution in [0, 0.1) is 0 Å². The van der Waals surface area contributed by atoms with Crippen LogP contribution in [0.1, 0.15) is 27.9 Å². The van der Waals surface area contributed by atoms with Crippen molar-refractivity contribution < 1.29 is 42.1 Å². The van der Waals surface area contributed by atoms with Crippen LogP contribution in [-0.4, -0.2) is 67.1 Å². The maximum atomic E-state index is 12.7. The maximum absolute atomic E-state index is 12.7. The average molecular weight is 586 g/mol. The minimum Gasteiger partial charge on any atom is -0.496 e. The number of likely N-dealkylation sites (tertiary alicyclic amines) is 1. The summed E-state index contributed by atoms with van der Waals surface area (Å²) in [7, 11) is 1.69. The molecule has 12 heteroatoms. The van der Waals surface area contributed by atoms with Crippen molar-refractivity contribution >= 4 is 11.9 Å². The van der Waals surface area contributed by atoms with Crippen LogP contribution in [0.3, 0.4) is 0 Å². The Bertz CT molecular complexity index is 1460. The monoisotopic (exact) mass is 585 g/mol. The number of benzene rings is 3. The zero-order valence-corrected chi connectivity index (χ0v) is 22.7. The Morgan fingerprint density at radius 1 is 1.07 bits per heavy atom. The average Bonchev–Trinajstić information content (AvgIpc) is 3.73. The van der Waals surface area contributed by atoms with Gasteiger partial charge in [-0.05, 0) is 59.5 Å². The first-order chi connectivity index (χ1) is 20.1. The molecule has 2 fully saturated rings. The molecule has 0 aromatic heterocycles. The fraction of sp³-hybridized carbons (Fsp3) is 0.333. The molecular weight excluding hydrogens is 555 g/mol. The van der Waals surface area contributed by atoms with Gasteiger partial charge in [0.15, 0.2) is 11.5 Å². The van der Waals surface area contributed by atoms with Crippen molar-refractivity contribution in [2.45, 2.75) is 37.8 Å². The largest absolute Gasteiger partial charge is 0.496 e. The van der Waals surface area contributed by atoms with E-state index < -0.39 is 12.1 Å². The zero-order chi connectivity index (χ0) is 29.9. The highest BCUT2D eigenvalue weighted by Crippen LogP contribution is 2.34. The van der Waals surface area contributed by atoms with Gasteiger partial charge in [-0.2, -0.15) is 13.2 Å². The molecule has 2 bridgehead atoms. The number of nitrogens with zero attached hydrogens (tertiary/aromatic N) is 1. The molecule has 42 heavy (non-hydrogen) atoms. The van der Waals surface area contributed by atoms with Crippen LogP contribution in [0.5, 0.6) is 17.2 Å². The van der Waals surface area contributed by atoms with Crippen LogP contribution >= 0.6 is 0 Å². The Hall–Kier alpha value is -4.29. The summed E-state index contributed by atoms with van der Waals surface area (Å²) in [4.78, 5) is 24.2. The first-order valence-corrected chi connectivity index (χ1v) is 13.3. The SMILES string of the molecule is COc1ccc(CNC(=O)c2ccc3c(c2)OCO3)cc1-c1cccc(CN2C[C@@H]3C[C@H]2CN3)c1.O=C(O)C(F)(F)F. The van der Waals surface area contributed by atoms with Gasteiger partial charge in [-0.1, -0.05) is 24.3 Å². The molecule has 1 amide bonds. The summed E-state index contributed by atoms with van der Waals surface area (Å²) in [5.41, 5.74) is 4.99. The van der Waals surface area contributed by atoms with E-state index in [4.69, 9.17) is 24.1 Å². The Morgan fingerprint density at radius 3 is 2.55 bits per heavy atom. The number of carbonyl (C=O) groups excluding carboxylic acids is 1. The highest BCUT2D eigenvalue weighted by atomic mass is 19.4. The van der Waals surface area contributed by atoms with Crippen LogP contribution in [0.15, 0.2) is 60.7 Å². The second-order valence-electron chi connectivity index (χ2n) is 10.2. The molecule has 3 aliphatic heterocycles. The smallest absolute Gasteiger partial charge is 0.490 e. The quantitative estimate of drug-likeness (QED) is 0.379. The van der Waals surface area contributed by atoms with Crippen molar-refractivity contribution in [1.82, 2.24) is 15.5 Å². The third-order valence-electron chi connectivity index (χ3n) is 7.39. The summed E-state index contributed by atoms with van der Waals surface area (Å²) in [5.74, 6) is -0.832. The Balaban J connectivity index is 0.000000451. The van der Waals surface area contributed by atoms with Gasteiger partial charge in [-0.3, -0.25) is 9.69 Å². The van der Waals surface area contributed by atoms with Gasteiger partial charge in [0.25, 0.3) is 5.91 Å². The normalized spacial score (nSPS) is 18.8. The lowest BCUT2D eigenvalue weighted by molar-refractivity contribution is -0.192. The number of carboxylic acid groups (broad SMARTS) is 1. The van der Waals surface area contributed by atoms with Crippen LogP contribution in [0.25, 0.3) is 11.1 Å². The number of carboxylic acids is 1. The highest BCUT2D eigenvalue weighted by molar-refractivity contribution is 5.95. The van der Waals surface area contributed by atoms with Crippen molar-refractivity contribution in [3.8, 4) is 28.4 Å². The Morgan fingerprint density at radius 2 is 1.86 bits per heavy atom. The second kappa shape index (κ2) is 12.3. The minimum atomic E-state index is -5.08. The molecule has 3 heterocycles. The number of carbonyl (C=O) groups is 2. The number of methoxy groups -OCH3 is 1. The van der Waals surface area contributed by atoms with E-state index in [0.29, 0.717) is 35.7 Å². The molecule has 222 valence electrons. The molecule has 0 saturated carbocycles. The topological polar surface area (TPSA) is 109 Å². The number of ether oxygens (including phenoxy) is 3. The molecule has 3 aromatic rings. The van der Waals surface area contributed by atoms with Gasteiger partial charge in [0.2, 0.25) is 6.79 Å². The number of piperazine rings is 1. The summed E-state index contributed by atoms with van der Waals surface area (Å²) in [6.45, 7) is 3.78. The number of fused-ring (bicyclic) bond motifs is 3. The van der Waals surface area contributed by atoms with Crippen molar-refractivity contribution in [2.24, 2.45) is 0 Å². The second-order valence-corrected chi connectivity index (χ2v) is 10.2. The molecule has 2 saturated heterocycles. The number of hydrogen-bond acceptors (Lipinski definition) is 7. The molecule has 2 atom stereocenters. The third kappa shape index (κ3) is 6.77. The molecular formula is C30H30F3N3O6. The van der Waals surface area contributed by atoms with Crippen LogP contribution in [0.4, 0.5) is 13.2 Å². The zero-order valence-electron chi connectivity index (χ0n) is 22.7. The van der Waals surface area contributed by atoms with Crippen molar-refractivity contribution in [1.29, 1.82) is 0 Å². The van der Waals surface area contributed by atoms with Gasteiger partial charge in [0.1, 0.15) is 5.75 Å². The predicted molar refractivity (Wildman–Crippen MR) is 146 cm³/mol. The van der Waals surface area contributed by atoms with Gasteiger partial charge >= 0.3 is 12.1 Å². The van der Waals surface area contributed by atoms with Gasteiger partial charge in [0.05, 0.1) is 7.11 Å². The lowest BCUT2D eigenvalue weighted by Gasteiger charge is -2.27. The van der Waals surface area contributed by atoms with E-state index in [0.717, 1.165) is 42.1 Å².